The topological polar surface area (TPSA) is 69.7 Å². The molecule has 3 amide bonds. The van der Waals surface area contributed by atoms with E-state index in [1.807, 2.05) is 47.4 Å². The highest BCUT2D eigenvalue weighted by Crippen LogP contribution is 2.32. The first kappa shape index (κ1) is 21.1. The Bertz CT molecular complexity index is 987. The van der Waals surface area contributed by atoms with Crippen LogP contribution in [0.5, 0.6) is 0 Å². The Balaban J connectivity index is 1.42. The Labute approximate surface area is 183 Å². The van der Waals surface area contributed by atoms with Crippen molar-refractivity contribution in [2.45, 2.75) is 51.7 Å². The van der Waals surface area contributed by atoms with Gasteiger partial charge < -0.3 is 15.1 Å². The zero-order valence-electron chi connectivity index (χ0n) is 18.0. The molecule has 0 aliphatic carbocycles. The van der Waals surface area contributed by atoms with E-state index in [4.69, 9.17) is 0 Å². The highest BCUT2D eigenvalue weighted by Gasteiger charge is 2.30. The summed E-state index contributed by atoms with van der Waals surface area (Å²) in [5.74, 6) is 0.104. The second-order valence-electron chi connectivity index (χ2n) is 8.35. The van der Waals surface area contributed by atoms with E-state index in [1.54, 1.807) is 11.8 Å². The van der Waals surface area contributed by atoms with Gasteiger partial charge in [0, 0.05) is 39.5 Å². The molecule has 0 bridgehead atoms. The van der Waals surface area contributed by atoms with E-state index in [-0.39, 0.29) is 30.2 Å². The van der Waals surface area contributed by atoms with Crippen LogP contribution in [0.1, 0.15) is 54.5 Å². The maximum atomic E-state index is 12.9. The minimum Gasteiger partial charge on any atom is -0.352 e. The molecule has 2 aliphatic rings. The van der Waals surface area contributed by atoms with Gasteiger partial charge in [-0.15, -0.1) is 0 Å². The van der Waals surface area contributed by atoms with E-state index in [1.165, 1.54) is 5.56 Å². The number of carbonyl (C=O) groups excluding carboxylic acids is 3. The minimum absolute atomic E-state index is 0.00655. The summed E-state index contributed by atoms with van der Waals surface area (Å²) in [6, 6.07) is 15.7. The van der Waals surface area contributed by atoms with Gasteiger partial charge in [-0.2, -0.15) is 0 Å². The Morgan fingerprint density at radius 1 is 1.00 bits per heavy atom. The predicted octanol–water partition coefficient (Wildman–Crippen LogP) is 2.96. The number of nitrogens with zero attached hydrogens (tertiary/aromatic N) is 2. The highest BCUT2D eigenvalue weighted by atomic mass is 16.2. The van der Waals surface area contributed by atoms with Crippen LogP contribution in [0.2, 0.25) is 0 Å². The quantitative estimate of drug-likeness (QED) is 0.783. The fourth-order valence-corrected chi connectivity index (χ4v) is 4.65. The molecular formula is C25H29N3O3. The van der Waals surface area contributed by atoms with Gasteiger partial charge in [0.15, 0.2) is 0 Å². The number of carbonyl (C=O) groups is 3. The fraction of sp³-hybridized carbons (Fsp3) is 0.400. The third kappa shape index (κ3) is 4.79. The molecule has 1 saturated heterocycles. The van der Waals surface area contributed by atoms with E-state index in [0.717, 1.165) is 36.1 Å². The van der Waals surface area contributed by atoms with Gasteiger partial charge in [0.2, 0.25) is 17.7 Å². The van der Waals surface area contributed by atoms with Crippen LogP contribution in [0.15, 0.2) is 48.5 Å². The smallest absolute Gasteiger partial charge is 0.222 e. The second-order valence-corrected chi connectivity index (χ2v) is 8.35. The number of rotatable bonds is 6. The molecule has 0 spiro atoms. The molecule has 6 heteroatoms. The van der Waals surface area contributed by atoms with Crippen molar-refractivity contribution in [3.63, 3.8) is 0 Å². The number of benzene rings is 2. The number of nitrogens with one attached hydrogen (secondary N) is 1. The minimum atomic E-state index is -0.236. The molecule has 31 heavy (non-hydrogen) atoms. The normalized spacial score (nSPS) is 18.1. The van der Waals surface area contributed by atoms with Crippen molar-refractivity contribution < 1.29 is 14.4 Å². The first-order valence-electron chi connectivity index (χ1n) is 11.0. The van der Waals surface area contributed by atoms with Crippen molar-refractivity contribution in [3.8, 4) is 0 Å². The molecular weight excluding hydrogens is 390 g/mol. The number of amides is 3. The monoisotopic (exact) mass is 419 g/mol. The summed E-state index contributed by atoms with van der Waals surface area (Å²) in [5.41, 5.74) is 4.35. The third-order valence-electron chi connectivity index (χ3n) is 6.32. The molecule has 6 nitrogen and oxygen atoms in total. The second kappa shape index (κ2) is 9.33. The number of fused-ring (bicyclic) bond motifs is 1. The molecule has 2 aliphatic heterocycles. The summed E-state index contributed by atoms with van der Waals surface area (Å²) >= 11 is 0. The van der Waals surface area contributed by atoms with E-state index in [9.17, 15) is 14.4 Å². The summed E-state index contributed by atoms with van der Waals surface area (Å²) < 4.78 is 0. The molecule has 2 heterocycles. The summed E-state index contributed by atoms with van der Waals surface area (Å²) in [7, 11) is 0. The van der Waals surface area contributed by atoms with Gasteiger partial charge in [0.05, 0.1) is 12.5 Å². The Kier molecular flexibility index (Phi) is 6.35. The average molecular weight is 420 g/mol. The fourth-order valence-electron chi connectivity index (χ4n) is 4.65. The van der Waals surface area contributed by atoms with Crippen LogP contribution in [0, 0.1) is 0 Å². The lowest BCUT2D eigenvalue weighted by Crippen LogP contribution is -2.41. The van der Waals surface area contributed by atoms with Crippen LogP contribution in [-0.2, 0) is 33.9 Å². The lowest BCUT2D eigenvalue weighted by Gasteiger charge is -2.36. The lowest BCUT2D eigenvalue weighted by molar-refractivity contribution is -0.133. The van der Waals surface area contributed by atoms with Crippen molar-refractivity contribution in [1.82, 2.24) is 15.1 Å². The SMILES string of the molecule is CC(=O)N1CCc2ccccc2C1CC(=O)NCc1ccccc1CN1CCCC1=O. The van der Waals surface area contributed by atoms with Crippen molar-refractivity contribution in [2.75, 3.05) is 13.1 Å². The van der Waals surface area contributed by atoms with Gasteiger partial charge in [-0.05, 0) is 35.1 Å². The van der Waals surface area contributed by atoms with E-state index in [0.29, 0.717) is 26.1 Å². The van der Waals surface area contributed by atoms with Crippen LogP contribution in [0.25, 0.3) is 0 Å². The third-order valence-corrected chi connectivity index (χ3v) is 6.32. The molecule has 1 N–H and O–H groups in total. The summed E-state index contributed by atoms with van der Waals surface area (Å²) in [4.78, 5) is 40.7. The van der Waals surface area contributed by atoms with Crippen LogP contribution in [0.4, 0.5) is 0 Å². The molecule has 2 aromatic carbocycles. The molecule has 0 aromatic heterocycles. The standard InChI is InChI=1S/C25H29N3O3/c1-18(29)28-14-12-19-7-4-5-10-22(19)23(28)15-24(30)26-16-20-8-2-3-9-21(20)17-27-13-6-11-25(27)31/h2-5,7-10,23H,6,11-17H2,1H3,(H,26,30). The van der Waals surface area contributed by atoms with E-state index < -0.39 is 0 Å². The van der Waals surface area contributed by atoms with Crippen LogP contribution < -0.4 is 5.32 Å². The predicted molar refractivity (Wildman–Crippen MR) is 118 cm³/mol. The number of hydrogen-bond acceptors (Lipinski definition) is 3. The first-order valence-corrected chi connectivity index (χ1v) is 11.0. The Hall–Kier alpha value is -3.15. The van der Waals surface area contributed by atoms with E-state index in [2.05, 4.69) is 11.4 Å². The molecule has 2 aromatic rings. The summed E-state index contributed by atoms with van der Waals surface area (Å²) in [5, 5.41) is 3.03. The molecule has 1 atom stereocenters. The zero-order valence-corrected chi connectivity index (χ0v) is 18.0. The largest absolute Gasteiger partial charge is 0.352 e. The van der Waals surface area contributed by atoms with Crippen LogP contribution >= 0.6 is 0 Å². The van der Waals surface area contributed by atoms with Crippen molar-refractivity contribution in [1.29, 1.82) is 0 Å². The van der Waals surface area contributed by atoms with Gasteiger partial charge in [-0.25, -0.2) is 0 Å². The molecule has 162 valence electrons. The first-order chi connectivity index (χ1) is 15.0. The molecule has 1 unspecified atom stereocenters. The lowest BCUT2D eigenvalue weighted by atomic mass is 9.90. The van der Waals surface area contributed by atoms with E-state index >= 15 is 0 Å². The molecule has 0 radical (unpaired) electrons. The van der Waals surface area contributed by atoms with Gasteiger partial charge in [-0.3, -0.25) is 14.4 Å². The van der Waals surface area contributed by atoms with Gasteiger partial charge in [-0.1, -0.05) is 48.5 Å². The summed E-state index contributed by atoms with van der Waals surface area (Å²) in [6.45, 7) is 3.98. The highest BCUT2D eigenvalue weighted by molar-refractivity contribution is 5.80. The maximum Gasteiger partial charge on any atom is 0.222 e. The van der Waals surface area contributed by atoms with Gasteiger partial charge in [0.25, 0.3) is 0 Å². The maximum absolute atomic E-state index is 12.9. The van der Waals surface area contributed by atoms with Crippen molar-refractivity contribution in [3.05, 3.63) is 70.8 Å². The number of likely N-dealkylation sites (tertiary alicyclic amines) is 1. The Morgan fingerprint density at radius 3 is 2.48 bits per heavy atom. The molecule has 0 saturated carbocycles. The van der Waals surface area contributed by atoms with Crippen LogP contribution in [-0.4, -0.2) is 40.6 Å². The Morgan fingerprint density at radius 2 is 1.74 bits per heavy atom. The van der Waals surface area contributed by atoms with Crippen molar-refractivity contribution >= 4 is 17.7 Å². The summed E-state index contributed by atoms with van der Waals surface area (Å²) in [6.07, 6.45) is 2.58. The average Bonchev–Trinajstić information content (AvgIpc) is 3.17. The van der Waals surface area contributed by atoms with Crippen LogP contribution in [0.3, 0.4) is 0 Å². The van der Waals surface area contributed by atoms with Gasteiger partial charge in [0.1, 0.15) is 0 Å². The molecule has 4 rings (SSSR count). The van der Waals surface area contributed by atoms with Gasteiger partial charge >= 0.3 is 0 Å². The number of hydrogen-bond donors (Lipinski definition) is 1. The zero-order chi connectivity index (χ0) is 21.8. The molecule has 1 fully saturated rings. The van der Waals surface area contributed by atoms with Crippen molar-refractivity contribution in [2.24, 2.45) is 0 Å².